The van der Waals surface area contributed by atoms with Gasteiger partial charge in [0, 0.05) is 0 Å². The summed E-state index contributed by atoms with van der Waals surface area (Å²) < 4.78 is 37.4. The molecule has 0 amide bonds. The lowest BCUT2D eigenvalue weighted by atomic mass is 10.0. The summed E-state index contributed by atoms with van der Waals surface area (Å²) in [5.41, 5.74) is -0.143. The highest BCUT2D eigenvalue weighted by atomic mass is 19.4. The zero-order valence-corrected chi connectivity index (χ0v) is 8.01. The van der Waals surface area contributed by atoms with Crippen molar-refractivity contribution < 1.29 is 18.0 Å². The van der Waals surface area contributed by atoms with Crippen LogP contribution in [0.2, 0.25) is 0 Å². The first-order chi connectivity index (χ1) is 6.96. The van der Waals surface area contributed by atoms with Crippen LogP contribution in [0.25, 0.3) is 6.08 Å². The van der Waals surface area contributed by atoms with E-state index in [1.165, 1.54) is 31.2 Å². The van der Waals surface area contributed by atoms with E-state index in [1.807, 2.05) is 0 Å². The number of carbonyl (C=O) groups is 1. The van der Waals surface area contributed by atoms with Gasteiger partial charge in [-0.2, -0.15) is 13.2 Å². The van der Waals surface area contributed by atoms with E-state index in [9.17, 15) is 18.0 Å². The van der Waals surface area contributed by atoms with Crippen molar-refractivity contribution in [2.45, 2.75) is 13.1 Å². The number of rotatable bonds is 2. The third-order valence-corrected chi connectivity index (χ3v) is 2.04. The Morgan fingerprint density at radius 1 is 1.27 bits per heavy atom. The molecule has 0 atom stereocenters. The number of allylic oxidation sites excluding steroid dienone is 1. The summed E-state index contributed by atoms with van der Waals surface area (Å²) in [6.45, 7) is 1.38. The lowest BCUT2D eigenvalue weighted by molar-refractivity contribution is -0.138. The molecule has 0 aromatic heterocycles. The lowest BCUT2D eigenvalue weighted by Crippen LogP contribution is -2.07. The topological polar surface area (TPSA) is 17.1 Å². The molecule has 4 heteroatoms. The van der Waals surface area contributed by atoms with E-state index >= 15 is 0 Å². The van der Waals surface area contributed by atoms with Crippen molar-refractivity contribution in [3.8, 4) is 0 Å². The third-order valence-electron chi connectivity index (χ3n) is 2.04. The van der Waals surface area contributed by atoms with Gasteiger partial charge < -0.3 is 0 Å². The van der Waals surface area contributed by atoms with Crippen molar-refractivity contribution in [2.24, 2.45) is 0 Å². The quantitative estimate of drug-likeness (QED) is 0.545. The maximum absolute atomic E-state index is 12.5. The number of halogens is 3. The predicted molar refractivity (Wildman–Crippen MR) is 51.3 cm³/mol. The Kier molecular flexibility index (Phi) is 3.29. The smallest absolute Gasteiger partial charge is 0.299 e. The molecule has 0 aliphatic rings. The van der Waals surface area contributed by atoms with Crippen LogP contribution in [0.1, 0.15) is 16.7 Å². The molecule has 15 heavy (non-hydrogen) atoms. The zero-order valence-electron chi connectivity index (χ0n) is 8.01. The highest BCUT2D eigenvalue weighted by Gasteiger charge is 2.32. The van der Waals surface area contributed by atoms with Gasteiger partial charge in [0.25, 0.3) is 0 Å². The number of hydrogen-bond donors (Lipinski definition) is 0. The maximum Gasteiger partial charge on any atom is 0.416 e. The van der Waals surface area contributed by atoms with E-state index in [2.05, 4.69) is 0 Å². The summed E-state index contributed by atoms with van der Waals surface area (Å²) in [6.07, 6.45) is -1.30. The van der Waals surface area contributed by atoms with Gasteiger partial charge in [-0.1, -0.05) is 18.2 Å². The van der Waals surface area contributed by atoms with Crippen LogP contribution in [0.4, 0.5) is 13.2 Å². The number of hydrogen-bond acceptors (Lipinski definition) is 1. The molecule has 1 rings (SSSR count). The largest absolute Gasteiger partial charge is 0.416 e. The Morgan fingerprint density at radius 2 is 1.93 bits per heavy atom. The number of benzene rings is 1. The van der Waals surface area contributed by atoms with Crippen LogP contribution in [0, 0.1) is 6.92 Å². The van der Waals surface area contributed by atoms with Crippen molar-refractivity contribution in [1.82, 2.24) is 0 Å². The second-order valence-electron chi connectivity index (χ2n) is 3.01. The van der Waals surface area contributed by atoms with Crippen LogP contribution >= 0.6 is 0 Å². The fraction of sp³-hybridized carbons (Fsp3) is 0.182. The second kappa shape index (κ2) is 4.29. The molecule has 80 valence electrons. The van der Waals surface area contributed by atoms with Crippen LogP contribution in [-0.2, 0) is 11.0 Å². The van der Waals surface area contributed by atoms with Crippen molar-refractivity contribution in [2.75, 3.05) is 0 Å². The minimum Gasteiger partial charge on any atom is -0.299 e. The van der Waals surface area contributed by atoms with E-state index in [0.29, 0.717) is 11.8 Å². The van der Waals surface area contributed by atoms with Gasteiger partial charge >= 0.3 is 6.18 Å². The summed E-state index contributed by atoms with van der Waals surface area (Å²) >= 11 is 0. The first-order valence-electron chi connectivity index (χ1n) is 4.25. The van der Waals surface area contributed by atoms with Crippen molar-refractivity contribution in [1.29, 1.82) is 0 Å². The molecular weight excluding hydrogens is 205 g/mol. The van der Waals surface area contributed by atoms with Crippen LogP contribution in [0.5, 0.6) is 0 Å². The number of alkyl halides is 3. The fourth-order valence-corrected chi connectivity index (χ4v) is 1.28. The highest BCUT2D eigenvalue weighted by Crippen LogP contribution is 2.33. The maximum atomic E-state index is 12.5. The van der Waals surface area contributed by atoms with Crippen molar-refractivity contribution >= 4 is 12.4 Å². The standard InChI is InChI=1S/C11H9F3O/c1-8-9(5-3-7-15)4-2-6-10(8)11(12,13)14/h2-7H,1H3. The van der Waals surface area contributed by atoms with E-state index in [0.717, 1.165) is 6.07 Å². The van der Waals surface area contributed by atoms with Crippen LogP contribution in [-0.4, -0.2) is 6.29 Å². The molecule has 0 radical (unpaired) electrons. The molecule has 0 heterocycles. The molecule has 0 saturated carbocycles. The van der Waals surface area contributed by atoms with E-state index < -0.39 is 11.7 Å². The van der Waals surface area contributed by atoms with E-state index in [4.69, 9.17) is 0 Å². The number of carbonyl (C=O) groups excluding carboxylic acids is 1. The first-order valence-corrected chi connectivity index (χ1v) is 4.25. The van der Waals surface area contributed by atoms with Gasteiger partial charge in [0.15, 0.2) is 0 Å². The summed E-state index contributed by atoms with van der Waals surface area (Å²) in [5.74, 6) is 0. The van der Waals surface area contributed by atoms with Gasteiger partial charge in [-0.25, -0.2) is 0 Å². The number of aldehydes is 1. The molecule has 0 aliphatic carbocycles. The summed E-state index contributed by atoms with van der Waals surface area (Å²) in [4.78, 5) is 10.1. The molecule has 0 aliphatic heterocycles. The summed E-state index contributed by atoms with van der Waals surface area (Å²) in [5, 5.41) is 0. The third kappa shape index (κ3) is 2.68. The average Bonchev–Trinajstić information content (AvgIpc) is 2.14. The molecule has 0 spiro atoms. The second-order valence-corrected chi connectivity index (χ2v) is 3.01. The summed E-state index contributed by atoms with van der Waals surface area (Å²) in [6, 6.07) is 3.87. The summed E-state index contributed by atoms with van der Waals surface area (Å²) in [7, 11) is 0. The van der Waals surface area contributed by atoms with Gasteiger partial charge in [-0.15, -0.1) is 0 Å². The minimum absolute atomic E-state index is 0.128. The van der Waals surface area contributed by atoms with Crippen LogP contribution in [0.3, 0.4) is 0 Å². The van der Waals surface area contributed by atoms with Gasteiger partial charge in [-0.05, 0) is 30.2 Å². The SMILES string of the molecule is Cc1c(C=CC=O)cccc1C(F)(F)F. The Bertz CT molecular complexity index is 391. The normalized spacial score (nSPS) is 12.0. The van der Waals surface area contributed by atoms with E-state index in [1.54, 1.807) is 0 Å². The van der Waals surface area contributed by atoms with Gasteiger partial charge in [0.1, 0.15) is 6.29 Å². The van der Waals surface area contributed by atoms with Crippen LogP contribution < -0.4 is 0 Å². The Labute approximate surface area is 85.2 Å². The predicted octanol–water partition coefficient (Wildman–Crippen LogP) is 3.23. The monoisotopic (exact) mass is 214 g/mol. The molecular formula is C11H9F3O. The van der Waals surface area contributed by atoms with Gasteiger partial charge in [-0.3, -0.25) is 4.79 Å². The molecule has 0 saturated heterocycles. The Balaban J connectivity index is 3.23. The van der Waals surface area contributed by atoms with Crippen molar-refractivity contribution in [3.63, 3.8) is 0 Å². The van der Waals surface area contributed by atoms with Crippen molar-refractivity contribution in [3.05, 3.63) is 41.0 Å². The molecule has 0 fully saturated rings. The van der Waals surface area contributed by atoms with E-state index in [-0.39, 0.29) is 5.56 Å². The Hall–Kier alpha value is -1.58. The molecule has 0 unspecified atom stereocenters. The zero-order chi connectivity index (χ0) is 11.5. The minimum atomic E-state index is -4.35. The lowest BCUT2D eigenvalue weighted by Gasteiger charge is -2.11. The van der Waals surface area contributed by atoms with Crippen LogP contribution in [0.15, 0.2) is 24.3 Å². The molecule has 1 aromatic rings. The van der Waals surface area contributed by atoms with Gasteiger partial charge in [0.2, 0.25) is 0 Å². The molecule has 1 nitrogen and oxygen atoms in total. The van der Waals surface area contributed by atoms with Gasteiger partial charge in [0.05, 0.1) is 5.56 Å². The molecule has 0 N–H and O–H groups in total. The molecule has 1 aromatic carbocycles. The molecule has 0 bridgehead atoms. The average molecular weight is 214 g/mol. The highest BCUT2D eigenvalue weighted by molar-refractivity contribution is 5.74. The Morgan fingerprint density at radius 3 is 2.47 bits per heavy atom. The fourth-order valence-electron chi connectivity index (χ4n) is 1.28. The first kappa shape index (κ1) is 11.5.